The van der Waals surface area contributed by atoms with E-state index in [2.05, 4.69) is 25.4 Å². The van der Waals surface area contributed by atoms with Gasteiger partial charge < -0.3 is 4.52 Å². The van der Waals surface area contributed by atoms with Crippen molar-refractivity contribution in [3.8, 4) is 5.69 Å². The lowest BCUT2D eigenvalue weighted by Crippen LogP contribution is -2.23. The number of aromatic nitrogens is 5. The molecule has 3 heterocycles. The van der Waals surface area contributed by atoms with E-state index in [-0.39, 0.29) is 6.04 Å². The highest BCUT2D eigenvalue weighted by atomic mass is 16.5. The topological polar surface area (TPSA) is 72.9 Å². The van der Waals surface area contributed by atoms with Crippen molar-refractivity contribution in [1.82, 2.24) is 30.0 Å². The van der Waals surface area contributed by atoms with Gasteiger partial charge >= 0.3 is 0 Å². The Hall–Kier alpha value is -2.54. The van der Waals surface area contributed by atoms with Crippen molar-refractivity contribution in [1.29, 1.82) is 0 Å². The average Bonchev–Trinajstić information content (AvgIpc) is 3.29. The second-order valence-corrected chi connectivity index (χ2v) is 5.80. The van der Waals surface area contributed by atoms with E-state index in [1.807, 2.05) is 43.5 Å². The molecule has 1 aromatic carbocycles. The van der Waals surface area contributed by atoms with Gasteiger partial charge in [0.25, 0.3) is 0 Å². The highest BCUT2D eigenvalue weighted by Gasteiger charge is 2.30. The van der Waals surface area contributed by atoms with Crippen LogP contribution in [-0.2, 0) is 6.54 Å². The Bertz CT molecular complexity index is 781. The van der Waals surface area contributed by atoms with Crippen molar-refractivity contribution in [2.45, 2.75) is 32.4 Å². The first-order valence-corrected chi connectivity index (χ1v) is 7.80. The summed E-state index contributed by atoms with van der Waals surface area (Å²) < 4.78 is 7.15. The number of likely N-dealkylation sites (tertiary alicyclic amines) is 1. The molecular formula is C16H18N6O. The Morgan fingerprint density at radius 1 is 1.26 bits per heavy atom. The van der Waals surface area contributed by atoms with E-state index in [0.717, 1.165) is 37.3 Å². The van der Waals surface area contributed by atoms with Gasteiger partial charge in [0.05, 0.1) is 23.6 Å². The Morgan fingerprint density at radius 3 is 2.91 bits per heavy atom. The number of aryl methyl sites for hydroxylation is 1. The molecule has 7 heteroatoms. The molecule has 1 saturated heterocycles. The lowest BCUT2D eigenvalue weighted by atomic mass is 10.2. The molecule has 1 aliphatic heterocycles. The first kappa shape index (κ1) is 14.1. The minimum atomic E-state index is 0.179. The van der Waals surface area contributed by atoms with Gasteiger partial charge in [0.1, 0.15) is 0 Å². The molecule has 0 aliphatic carbocycles. The number of para-hydroxylation sites is 1. The Kier molecular flexibility index (Phi) is 3.63. The monoisotopic (exact) mass is 310 g/mol. The second kappa shape index (κ2) is 5.92. The number of hydrogen-bond donors (Lipinski definition) is 0. The number of rotatable bonds is 4. The van der Waals surface area contributed by atoms with Gasteiger partial charge in [-0.3, -0.25) is 4.90 Å². The molecule has 0 bridgehead atoms. The maximum atomic E-state index is 5.35. The van der Waals surface area contributed by atoms with Crippen molar-refractivity contribution >= 4 is 0 Å². The van der Waals surface area contributed by atoms with Crippen molar-refractivity contribution < 1.29 is 4.52 Å². The molecular weight excluding hydrogens is 292 g/mol. The van der Waals surface area contributed by atoms with Gasteiger partial charge in [0.2, 0.25) is 5.89 Å². The highest BCUT2D eigenvalue weighted by molar-refractivity contribution is 5.29. The van der Waals surface area contributed by atoms with Gasteiger partial charge in [-0.15, -0.1) is 5.10 Å². The molecule has 3 aromatic rings. The van der Waals surface area contributed by atoms with Crippen LogP contribution in [0.3, 0.4) is 0 Å². The molecule has 118 valence electrons. The van der Waals surface area contributed by atoms with Gasteiger partial charge in [0.15, 0.2) is 5.82 Å². The third-order valence-electron chi connectivity index (χ3n) is 4.12. The Balaban J connectivity index is 1.50. The number of hydrogen-bond acceptors (Lipinski definition) is 6. The lowest BCUT2D eigenvalue weighted by Gasteiger charge is -2.19. The van der Waals surface area contributed by atoms with E-state index in [4.69, 9.17) is 4.52 Å². The smallest absolute Gasteiger partial charge is 0.243 e. The van der Waals surface area contributed by atoms with Gasteiger partial charge in [-0.2, -0.15) is 4.98 Å². The molecule has 1 atom stereocenters. The van der Waals surface area contributed by atoms with Crippen molar-refractivity contribution in [2.24, 2.45) is 0 Å². The van der Waals surface area contributed by atoms with Gasteiger partial charge in [-0.05, 0) is 38.4 Å². The molecule has 0 spiro atoms. The zero-order valence-electron chi connectivity index (χ0n) is 13.0. The first-order chi connectivity index (χ1) is 11.3. The van der Waals surface area contributed by atoms with Crippen molar-refractivity contribution in [3.05, 3.63) is 53.9 Å². The fourth-order valence-corrected chi connectivity index (χ4v) is 3.03. The highest BCUT2D eigenvalue weighted by Crippen LogP contribution is 2.31. The van der Waals surface area contributed by atoms with Crippen LogP contribution in [0.2, 0.25) is 0 Å². The molecule has 0 unspecified atom stereocenters. The van der Waals surface area contributed by atoms with Crippen LogP contribution < -0.4 is 0 Å². The van der Waals surface area contributed by atoms with Crippen molar-refractivity contribution in [2.75, 3.05) is 6.54 Å². The summed E-state index contributed by atoms with van der Waals surface area (Å²) in [6.45, 7) is 3.58. The van der Waals surface area contributed by atoms with E-state index in [1.54, 1.807) is 4.68 Å². The SMILES string of the molecule is Cc1noc([C@@H]2CCCN2Cc2cn(-c3ccccc3)nn2)n1. The second-order valence-electron chi connectivity index (χ2n) is 5.80. The third kappa shape index (κ3) is 2.87. The molecule has 0 N–H and O–H groups in total. The fourth-order valence-electron chi connectivity index (χ4n) is 3.03. The van der Waals surface area contributed by atoms with Crippen LogP contribution in [0.5, 0.6) is 0 Å². The summed E-state index contributed by atoms with van der Waals surface area (Å²) >= 11 is 0. The number of nitrogens with zero attached hydrogens (tertiary/aromatic N) is 6. The quantitative estimate of drug-likeness (QED) is 0.736. The van der Waals surface area contributed by atoms with Crippen LogP contribution in [0.1, 0.15) is 36.3 Å². The summed E-state index contributed by atoms with van der Waals surface area (Å²) in [4.78, 5) is 6.70. The maximum Gasteiger partial charge on any atom is 0.243 e. The molecule has 23 heavy (non-hydrogen) atoms. The summed E-state index contributed by atoms with van der Waals surface area (Å²) in [5.74, 6) is 1.39. The lowest BCUT2D eigenvalue weighted by molar-refractivity contribution is 0.199. The predicted molar refractivity (Wildman–Crippen MR) is 82.8 cm³/mol. The largest absolute Gasteiger partial charge is 0.338 e. The predicted octanol–water partition coefficient (Wildman–Crippen LogP) is 2.30. The Morgan fingerprint density at radius 2 is 2.13 bits per heavy atom. The molecule has 7 nitrogen and oxygen atoms in total. The van der Waals surface area contributed by atoms with Crippen LogP contribution in [-0.4, -0.2) is 36.6 Å². The van der Waals surface area contributed by atoms with Crippen LogP contribution in [0.25, 0.3) is 5.69 Å². The minimum absolute atomic E-state index is 0.179. The summed E-state index contributed by atoms with van der Waals surface area (Å²) in [6.07, 6.45) is 4.14. The molecule has 0 amide bonds. The normalized spacial score (nSPS) is 18.6. The fraction of sp³-hybridized carbons (Fsp3) is 0.375. The summed E-state index contributed by atoms with van der Waals surface area (Å²) in [7, 11) is 0. The van der Waals surface area contributed by atoms with Crippen LogP contribution in [0.4, 0.5) is 0 Å². The summed E-state index contributed by atoms with van der Waals surface area (Å²) in [5.41, 5.74) is 1.95. The molecule has 1 aliphatic rings. The molecule has 1 fully saturated rings. The standard InChI is InChI=1S/C16H18N6O/c1-12-17-16(23-19-12)15-8-5-9-21(15)10-13-11-22(20-18-13)14-6-3-2-4-7-14/h2-4,6-7,11,15H,5,8-10H2,1H3/t15-/m0/s1. The van der Waals surface area contributed by atoms with E-state index >= 15 is 0 Å². The van der Waals surface area contributed by atoms with E-state index < -0.39 is 0 Å². The Labute approximate surface area is 133 Å². The molecule has 4 rings (SSSR count). The summed E-state index contributed by atoms with van der Waals surface area (Å²) in [5, 5.41) is 12.4. The van der Waals surface area contributed by atoms with Crippen LogP contribution in [0, 0.1) is 6.92 Å². The van der Waals surface area contributed by atoms with E-state index in [0.29, 0.717) is 11.7 Å². The van der Waals surface area contributed by atoms with E-state index in [1.165, 1.54) is 0 Å². The molecule has 2 aromatic heterocycles. The van der Waals surface area contributed by atoms with Gasteiger partial charge in [0, 0.05) is 6.54 Å². The van der Waals surface area contributed by atoms with Crippen LogP contribution in [0.15, 0.2) is 41.1 Å². The van der Waals surface area contributed by atoms with E-state index in [9.17, 15) is 0 Å². The average molecular weight is 310 g/mol. The summed E-state index contributed by atoms with van der Waals surface area (Å²) in [6, 6.07) is 10.2. The molecule has 0 saturated carbocycles. The minimum Gasteiger partial charge on any atom is -0.338 e. The first-order valence-electron chi connectivity index (χ1n) is 7.80. The maximum absolute atomic E-state index is 5.35. The van der Waals surface area contributed by atoms with Gasteiger partial charge in [-0.25, -0.2) is 4.68 Å². The zero-order valence-corrected chi connectivity index (χ0v) is 13.0. The molecule has 0 radical (unpaired) electrons. The van der Waals surface area contributed by atoms with Crippen LogP contribution >= 0.6 is 0 Å². The third-order valence-corrected chi connectivity index (χ3v) is 4.12. The van der Waals surface area contributed by atoms with Crippen molar-refractivity contribution in [3.63, 3.8) is 0 Å². The number of benzene rings is 1. The zero-order chi connectivity index (χ0) is 15.6. The van der Waals surface area contributed by atoms with Gasteiger partial charge in [-0.1, -0.05) is 28.6 Å².